The van der Waals surface area contributed by atoms with Crippen LogP contribution in [0.2, 0.25) is 0 Å². The number of rotatable bonds is 7. The molecule has 89 heavy (non-hydrogen) atoms. The first kappa shape index (κ1) is 43.1. The molecule has 0 radical (unpaired) electrons. The van der Waals surface area contributed by atoms with Crippen LogP contribution in [0, 0.1) is 20.0 Å². The second-order valence-corrected chi connectivity index (χ2v) is 27.7. The van der Waals surface area contributed by atoms with E-state index in [1.807, 2.05) is 102 Å². The average molecular weight is 1170 g/mol. The zero-order chi connectivity index (χ0) is 74.0. The van der Waals surface area contributed by atoms with Crippen molar-refractivity contribution in [1.82, 2.24) is 14.1 Å². The van der Waals surface area contributed by atoms with Crippen LogP contribution in [-0.2, 0) is 21.7 Å². The number of aromatic nitrogens is 4. The van der Waals surface area contributed by atoms with Crippen LogP contribution in [0.1, 0.15) is 136 Å². The van der Waals surface area contributed by atoms with Gasteiger partial charge in [0.05, 0.1) is 44.4 Å². The summed E-state index contributed by atoms with van der Waals surface area (Å²) in [6.07, 6.45) is 5.64. The Morgan fingerprint density at radius 2 is 1.02 bits per heavy atom. The summed E-state index contributed by atoms with van der Waals surface area (Å²) in [5.41, 5.74) is 7.27. The van der Waals surface area contributed by atoms with Crippen molar-refractivity contribution in [2.75, 3.05) is 0 Å². The normalized spacial score (nSPS) is 15.1. The van der Waals surface area contributed by atoms with E-state index >= 15 is 0 Å². The third kappa shape index (κ3) is 10.1. The number of imidazole rings is 1. The molecule has 4 heterocycles. The summed E-state index contributed by atoms with van der Waals surface area (Å²) < 4.78 is 146. The summed E-state index contributed by atoms with van der Waals surface area (Å²) in [4.78, 5) is 4.92. The van der Waals surface area contributed by atoms with Gasteiger partial charge in [0.25, 0.3) is 6.33 Å². The molecule has 14 rings (SSSR count). The molecule has 0 spiro atoms. The molecule has 5 heteroatoms. The predicted octanol–water partition coefficient (Wildman–Crippen LogP) is 22.1. The highest BCUT2D eigenvalue weighted by atomic mass is 16.5. The minimum atomic E-state index is -2.90. The monoisotopic (exact) mass is 1170 g/mol. The minimum Gasteiger partial charge on any atom is -0.458 e. The third-order valence-electron chi connectivity index (χ3n) is 17.5. The molecule has 0 saturated carbocycles. The zero-order valence-electron chi connectivity index (χ0n) is 66.4. The Kier molecular flexibility index (Phi) is 10.2. The van der Waals surface area contributed by atoms with E-state index in [9.17, 15) is 11.0 Å². The van der Waals surface area contributed by atoms with Crippen LogP contribution >= 0.6 is 0 Å². The van der Waals surface area contributed by atoms with Crippen LogP contribution in [0.3, 0.4) is 0 Å². The van der Waals surface area contributed by atoms with E-state index in [4.69, 9.17) is 17.9 Å². The number of para-hydroxylation sites is 1. The van der Waals surface area contributed by atoms with Gasteiger partial charge in [-0.15, -0.1) is 0 Å². The molecule has 440 valence electrons. The van der Waals surface area contributed by atoms with Gasteiger partial charge in [0.1, 0.15) is 17.3 Å². The summed E-state index contributed by atoms with van der Waals surface area (Å²) in [5.74, 6) is 1.72. The molecule has 0 bridgehead atoms. The fourth-order valence-corrected chi connectivity index (χ4v) is 12.5. The maximum atomic E-state index is 10.3. The number of hydrogen-bond donors (Lipinski definition) is 0. The third-order valence-corrected chi connectivity index (χ3v) is 17.5. The summed E-state index contributed by atoms with van der Waals surface area (Å²) in [6, 6.07) is 46.7. The van der Waals surface area contributed by atoms with E-state index in [0.29, 0.717) is 44.9 Å². The molecule has 0 amide bonds. The fourth-order valence-electron chi connectivity index (χ4n) is 12.5. The van der Waals surface area contributed by atoms with Crippen molar-refractivity contribution in [3.63, 3.8) is 0 Å². The number of pyridine rings is 1. The average Bonchev–Trinajstić information content (AvgIpc) is 0.923. The van der Waals surface area contributed by atoms with E-state index < -0.39 is 72.9 Å². The lowest BCUT2D eigenvalue weighted by Gasteiger charge is -2.28. The van der Waals surface area contributed by atoms with Crippen molar-refractivity contribution in [1.29, 1.82) is 0 Å². The highest BCUT2D eigenvalue weighted by molar-refractivity contribution is 6.10. The topological polar surface area (TPSA) is 35.9 Å². The van der Waals surface area contributed by atoms with Crippen molar-refractivity contribution < 1.29 is 28.5 Å². The van der Waals surface area contributed by atoms with Crippen molar-refractivity contribution >= 4 is 32.8 Å². The Morgan fingerprint density at radius 3 is 1.67 bits per heavy atom. The lowest BCUT2D eigenvalue weighted by Crippen LogP contribution is -2.32. The fraction of sp³-hybridized carbons (Fsp3) is 0.214. The van der Waals surface area contributed by atoms with Gasteiger partial charge in [-0.1, -0.05) is 222 Å². The summed E-state index contributed by atoms with van der Waals surface area (Å²) in [6.45, 7) is 19.7. The molecular formula is C84H78N4O. The van der Waals surface area contributed by atoms with Gasteiger partial charge in [-0.3, -0.25) is 13.7 Å². The standard InChI is InChI=1S/C84H78N4O/c1-52-23-21-24-53(2)78(52)57-44-71(56-41-60(83(9,10)11)47-61(42-56)84(12,13)14)79-72(45-57)67-29-17-15-27-65(67)66-28-16-18-30-68(66)73-43-55(54-33-35-58(36-34-54)81(3,4)5)46-76-80(73)87(79)51-86(76)62-25-22-26-63(49-62)89-64-37-38-70-69-31-19-20-32-74(69)88(75(70)50-64)77-48-59(39-40-85-77)82(6,7)8/h15-50H,1-14H3/i1D3,2D3,15D,16D,17D,18D,27D,28D,29D,30D. The molecular weight excluding hydrogens is 1080 g/mol. The second-order valence-electron chi connectivity index (χ2n) is 27.7. The van der Waals surface area contributed by atoms with Crippen molar-refractivity contribution in [3.05, 3.63) is 258 Å². The quantitative estimate of drug-likeness (QED) is 0.118. The minimum absolute atomic E-state index is 0.0448. The van der Waals surface area contributed by atoms with E-state index in [1.165, 1.54) is 18.2 Å². The van der Waals surface area contributed by atoms with Crippen LogP contribution < -0.4 is 9.30 Å². The largest absolute Gasteiger partial charge is 0.458 e. The van der Waals surface area contributed by atoms with E-state index in [2.05, 4.69) is 136 Å². The van der Waals surface area contributed by atoms with Crippen LogP contribution in [0.5, 0.6) is 11.5 Å². The van der Waals surface area contributed by atoms with E-state index in [-0.39, 0.29) is 72.2 Å². The van der Waals surface area contributed by atoms with Gasteiger partial charge in [0, 0.05) is 31.3 Å². The smallest absolute Gasteiger partial charge is 0.269 e. The highest BCUT2D eigenvalue weighted by Gasteiger charge is 2.31. The van der Waals surface area contributed by atoms with Crippen LogP contribution in [0.25, 0.3) is 117 Å². The molecule has 10 aromatic carbocycles. The Bertz CT molecular complexity index is 5650. The number of ether oxygens (including phenoxy) is 1. The number of fused-ring (bicyclic) bond motifs is 10. The molecule has 3 aromatic heterocycles. The van der Waals surface area contributed by atoms with Gasteiger partial charge < -0.3 is 4.74 Å². The molecule has 0 N–H and O–H groups in total. The summed E-state index contributed by atoms with van der Waals surface area (Å²) >= 11 is 0. The molecule has 1 aliphatic rings. The van der Waals surface area contributed by atoms with Gasteiger partial charge >= 0.3 is 0 Å². The number of aryl methyl sites for hydroxylation is 2. The Hall–Kier alpha value is -9.58. The van der Waals surface area contributed by atoms with E-state index in [0.717, 1.165) is 55.4 Å². The molecule has 5 nitrogen and oxygen atoms in total. The first-order valence-corrected chi connectivity index (χ1v) is 30.3. The lowest BCUT2D eigenvalue weighted by molar-refractivity contribution is -0.570. The van der Waals surface area contributed by atoms with Gasteiger partial charge in [-0.25, -0.2) is 4.98 Å². The number of benzene rings is 10. The van der Waals surface area contributed by atoms with Crippen LogP contribution in [0.15, 0.2) is 218 Å². The van der Waals surface area contributed by atoms with Gasteiger partial charge in [0.2, 0.25) is 0 Å². The molecule has 0 aliphatic carbocycles. The van der Waals surface area contributed by atoms with Crippen LogP contribution in [-0.4, -0.2) is 14.1 Å². The van der Waals surface area contributed by atoms with Gasteiger partial charge in [-0.05, 0) is 202 Å². The maximum Gasteiger partial charge on any atom is 0.269 e. The Labute approximate surface area is 545 Å². The Balaban J connectivity index is 1.16. The molecule has 0 atom stereocenters. The van der Waals surface area contributed by atoms with Gasteiger partial charge in [-0.2, -0.15) is 0 Å². The number of nitrogens with zero attached hydrogens (tertiary/aromatic N) is 4. The molecule has 0 saturated heterocycles. The molecule has 13 aromatic rings. The highest BCUT2D eigenvalue weighted by Crippen LogP contribution is 2.49. The number of hydrogen-bond acceptors (Lipinski definition) is 2. The molecule has 0 unspecified atom stereocenters. The zero-order valence-corrected chi connectivity index (χ0v) is 52.4. The first-order chi connectivity index (χ1) is 48.2. The van der Waals surface area contributed by atoms with Crippen molar-refractivity contribution in [2.24, 2.45) is 0 Å². The van der Waals surface area contributed by atoms with Crippen LogP contribution in [0.4, 0.5) is 0 Å². The van der Waals surface area contributed by atoms with E-state index in [1.54, 1.807) is 16.7 Å². The SMILES string of the molecule is [2H]c1c([2H])c([2H])c2c(c1[2H])-c1cc(-c3c(C([2H])([2H])[2H])cccc3C([2H])([2H])[2H])cc(-c3cc(C(C)(C)C)cc(C(C)(C)C)c3)c1-[n+]1[c-]n(-c3cccc(Oc4ccc5c6ccccc6n(-c6cc(C(C)(C)C)ccn6)c5c4)c3)c3cc(-c4ccc(C(C)(C)C)cc4)cc(c31)-c1c([2H])c([2H])c([2H])c([2H])c1-2. The van der Waals surface area contributed by atoms with Crippen molar-refractivity contribution in [2.45, 2.75) is 118 Å². The lowest BCUT2D eigenvalue weighted by atomic mass is 9.78. The van der Waals surface area contributed by atoms with Gasteiger partial charge in [0.15, 0.2) is 0 Å². The summed E-state index contributed by atoms with van der Waals surface area (Å²) in [7, 11) is 0. The summed E-state index contributed by atoms with van der Waals surface area (Å²) in [5, 5.41) is 2.04. The first-order valence-electron chi connectivity index (χ1n) is 37.3. The predicted molar refractivity (Wildman–Crippen MR) is 373 cm³/mol. The Morgan fingerprint density at radius 1 is 0.438 bits per heavy atom. The molecule has 0 fully saturated rings. The second kappa shape index (κ2) is 21.1. The molecule has 1 aliphatic heterocycles. The van der Waals surface area contributed by atoms with Crippen molar-refractivity contribution in [3.8, 4) is 95.5 Å². The maximum absolute atomic E-state index is 10.3.